The molecule has 0 bridgehead atoms. The number of likely N-dealkylation sites (N-methyl/N-ethyl adjacent to an activating group) is 1. The molecule has 0 spiro atoms. The molecule has 2 fully saturated rings. The molecule has 0 aromatic rings. The number of hydrogen-bond acceptors (Lipinski definition) is 3. The van der Waals surface area contributed by atoms with Crippen LogP contribution in [0.15, 0.2) is 0 Å². The highest BCUT2D eigenvalue weighted by molar-refractivity contribution is 5.78. The maximum Gasteiger partial charge on any atom is 0.401 e. The number of likely N-dealkylation sites (tertiary alicyclic amines) is 1. The van der Waals surface area contributed by atoms with E-state index in [0.29, 0.717) is 32.5 Å². The summed E-state index contributed by atoms with van der Waals surface area (Å²) in [6.45, 7) is 1.14. The van der Waals surface area contributed by atoms with Crippen molar-refractivity contribution in [2.24, 2.45) is 5.92 Å². The number of carbonyl (C=O) groups is 1. The molecule has 122 valence electrons. The maximum atomic E-state index is 12.3. The molecule has 0 radical (unpaired) electrons. The number of carbonyl (C=O) groups excluding carboxylic acids is 1. The fourth-order valence-electron chi connectivity index (χ4n) is 3.09. The first kappa shape index (κ1) is 16.5. The second-order valence-corrected chi connectivity index (χ2v) is 6.02. The Labute approximate surface area is 123 Å². The monoisotopic (exact) mass is 308 g/mol. The summed E-state index contributed by atoms with van der Waals surface area (Å²) in [6, 6.07) is 0. The summed E-state index contributed by atoms with van der Waals surface area (Å²) < 4.78 is 42.5. The normalized spacial score (nSPS) is 25.2. The minimum Gasteiger partial charge on any atom is -0.376 e. The molecule has 0 saturated carbocycles. The first-order valence-corrected chi connectivity index (χ1v) is 7.51. The number of rotatable bonds is 4. The average molecular weight is 308 g/mol. The molecule has 1 atom stereocenters. The van der Waals surface area contributed by atoms with Crippen molar-refractivity contribution in [1.29, 1.82) is 0 Å². The van der Waals surface area contributed by atoms with Gasteiger partial charge >= 0.3 is 6.18 Å². The van der Waals surface area contributed by atoms with Crippen LogP contribution in [0.25, 0.3) is 0 Å². The Morgan fingerprint density at radius 1 is 1.29 bits per heavy atom. The fraction of sp³-hybridized carbons (Fsp3) is 0.929. The molecule has 2 rings (SSSR count). The van der Waals surface area contributed by atoms with E-state index >= 15 is 0 Å². The summed E-state index contributed by atoms with van der Waals surface area (Å²) in [5, 5.41) is 0. The predicted octanol–water partition coefficient (Wildman–Crippen LogP) is 1.90. The van der Waals surface area contributed by atoms with Gasteiger partial charge in [0.1, 0.15) is 0 Å². The standard InChI is InChI=1S/C14H23F3N2O2/c1-18(9-12-3-2-8-21-12)13(20)11-4-6-19(7-5-11)10-14(15,16)17/h11-12H,2-10H2,1H3. The van der Waals surface area contributed by atoms with Crippen molar-refractivity contribution in [3.8, 4) is 0 Å². The van der Waals surface area contributed by atoms with Crippen molar-refractivity contribution in [2.45, 2.75) is 38.0 Å². The summed E-state index contributed by atoms with van der Waals surface area (Å²) in [4.78, 5) is 15.4. The molecule has 0 aromatic heterocycles. The molecule has 1 amide bonds. The second-order valence-electron chi connectivity index (χ2n) is 6.02. The van der Waals surface area contributed by atoms with Gasteiger partial charge in [0.05, 0.1) is 12.6 Å². The molecule has 7 heteroatoms. The first-order valence-electron chi connectivity index (χ1n) is 7.51. The molecular weight excluding hydrogens is 285 g/mol. The van der Waals surface area contributed by atoms with Crippen molar-refractivity contribution in [2.75, 3.05) is 39.8 Å². The lowest BCUT2D eigenvalue weighted by Crippen LogP contribution is -2.45. The van der Waals surface area contributed by atoms with Gasteiger partial charge in [-0.25, -0.2) is 0 Å². The number of ether oxygens (including phenoxy) is 1. The highest BCUT2D eigenvalue weighted by Crippen LogP contribution is 2.24. The Kier molecular flexibility index (Phi) is 5.48. The van der Waals surface area contributed by atoms with E-state index in [1.165, 1.54) is 4.90 Å². The fourth-order valence-corrected chi connectivity index (χ4v) is 3.09. The number of piperidine rings is 1. The van der Waals surface area contributed by atoms with Crippen molar-refractivity contribution in [1.82, 2.24) is 9.80 Å². The minimum atomic E-state index is -4.16. The van der Waals surface area contributed by atoms with Crippen LogP contribution in [-0.4, -0.2) is 67.8 Å². The predicted molar refractivity (Wildman–Crippen MR) is 71.8 cm³/mol. The smallest absolute Gasteiger partial charge is 0.376 e. The Bertz CT molecular complexity index is 349. The van der Waals surface area contributed by atoms with E-state index in [4.69, 9.17) is 4.74 Å². The third kappa shape index (κ3) is 5.14. The molecule has 0 aromatic carbocycles. The molecule has 2 aliphatic heterocycles. The van der Waals surface area contributed by atoms with Crippen LogP contribution in [0.2, 0.25) is 0 Å². The Balaban J connectivity index is 1.74. The van der Waals surface area contributed by atoms with Crippen LogP contribution in [0.1, 0.15) is 25.7 Å². The van der Waals surface area contributed by atoms with Gasteiger partial charge < -0.3 is 9.64 Å². The molecule has 0 N–H and O–H groups in total. The van der Waals surface area contributed by atoms with Crippen LogP contribution in [-0.2, 0) is 9.53 Å². The van der Waals surface area contributed by atoms with Crippen LogP contribution < -0.4 is 0 Å². The summed E-state index contributed by atoms with van der Waals surface area (Å²) in [7, 11) is 1.76. The summed E-state index contributed by atoms with van der Waals surface area (Å²) in [6.07, 6.45) is -1.03. The van der Waals surface area contributed by atoms with E-state index in [1.807, 2.05) is 0 Å². The lowest BCUT2D eigenvalue weighted by molar-refractivity contribution is -0.151. The average Bonchev–Trinajstić information content (AvgIpc) is 2.90. The largest absolute Gasteiger partial charge is 0.401 e. The second kappa shape index (κ2) is 6.96. The molecular formula is C14H23F3N2O2. The molecule has 1 unspecified atom stereocenters. The SMILES string of the molecule is CN(CC1CCCO1)C(=O)C1CCN(CC(F)(F)F)CC1. The van der Waals surface area contributed by atoms with Gasteiger partial charge in [-0.2, -0.15) is 13.2 Å². The van der Waals surface area contributed by atoms with E-state index < -0.39 is 12.7 Å². The van der Waals surface area contributed by atoms with E-state index in [1.54, 1.807) is 11.9 Å². The molecule has 2 aliphatic rings. The highest BCUT2D eigenvalue weighted by Gasteiger charge is 2.34. The first-order chi connectivity index (χ1) is 9.85. The third-order valence-corrected chi connectivity index (χ3v) is 4.22. The molecule has 0 aliphatic carbocycles. The van der Waals surface area contributed by atoms with Gasteiger partial charge in [-0.1, -0.05) is 0 Å². The van der Waals surface area contributed by atoms with Crippen molar-refractivity contribution in [3.63, 3.8) is 0 Å². The van der Waals surface area contributed by atoms with Crippen LogP contribution in [0.4, 0.5) is 13.2 Å². The Morgan fingerprint density at radius 2 is 1.95 bits per heavy atom. The van der Waals surface area contributed by atoms with Gasteiger partial charge in [-0.3, -0.25) is 9.69 Å². The third-order valence-electron chi connectivity index (χ3n) is 4.22. The number of hydrogen-bond donors (Lipinski definition) is 0. The van der Waals surface area contributed by atoms with E-state index in [-0.39, 0.29) is 17.9 Å². The number of amides is 1. The zero-order valence-electron chi connectivity index (χ0n) is 12.4. The number of nitrogens with zero attached hydrogens (tertiary/aromatic N) is 2. The topological polar surface area (TPSA) is 32.8 Å². The van der Waals surface area contributed by atoms with Gasteiger partial charge in [-0.15, -0.1) is 0 Å². The Hall–Kier alpha value is -0.820. The van der Waals surface area contributed by atoms with Crippen LogP contribution in [0.5, 0.6) is 0 Å². The zero-order valence-corrected chi connectivity index (χ0v) is 12.4. The summed E-state index contributed by atoms with van der Waals surface area (Å²) >= 11 is 0. The lowest BCUT2D eigenvalue weighted by atomic mass is 9.95. The van der Waals surface area contributed by atoms with Crippen molar-refractivity contribution in [3.05, 3.63) is 0 Å². The number of halogens is 3. The van der Waals surface area contributed by atoms with Gasteiger partial charge in [0, 0.05) is 26.1 Å². The molecule has 21 heavy (non-hydrogen) atoms. The van der Waals surface area contributed by atoms with Crippen molar-refractivity contribution < 1.29 is 22.7 Å². The lowest BCUT2D eigenvalue weighted by Gasteiger charge is -2.33. The Morgan fingerprint density at radius 3 is 2.48 bits per heavy atom. The van der Waals surface area contributed by atoms with Crippen molar-refractivity contribution >= 4 is 5.91 Å². The molecule has 2 heterocycles. The molecule has 4 nitrogen and oxygen atoms in total. The van der Waals surface area contributed by atoms with Crippen LogP contribution >= 0.6 is 0 Å². The van der Waals surface area contributed by atoms with Crippen LogP contribution in [0, 0.1) is 5.92 Å². The quantitative estimate of drug-likeness (QED) is 0.795. The summed E-state index contributed by atoms with van der Waals surface area (Å²) in [5.41, 5.74) is 0. The van der Waals surface area contributed by atoms with Gasteiger partial charge in [-0.05, 0) is 38.8 Å². The van der Waals surface area contributed by atoms with Gasteiger partial charge in [0.2, 0.25) is 5.91 Å². The number of alkyl halides is 3. The van der Waals surface area contributed by atoms with E-state index in [9.17, 15) is 18.0 Å². The van der Waals surface area contributed by atoms with E-state index in [0.717, 1.165) is 19.4 Å². The van der Waals surface area contributed by atoms with Gasteiger partial charge in [0.25, 0.3) is 0 Å². The van der Waals surface area contributed by atoms with Crippen LogP contribution in [0.3, 0.4) is 0 Å². The molecule has 2 saturated heterocycles. The zero-order chi connectivity index (χ0) is 15.5. The maximum absolute atomic E-state index is 12.3. The highest BCUT2D eigenvalue weighted by atomic mass is 19.4. The van der Waals surface area contributed by atoms with Gasteiger partial charge in [0.15, 0.2) is 0 Å². The van der Waals surface area contributed by atoms with E-state index in [2.05, 4.69) is 0 Å². The minimum absolute atomic E-state index is 0.0390. The summed E-state index contributed by atoms with van der Waals surface area (Å²) in [5.74, 6) is -0.113.